The number of fused-ring (bicyclic) bond motifs is 1. The highest BCUT2D eigenvalue weighted by Crippen LogP contribution is 2.29. The fraction of sp³-hybridized carbons (Fsp3) is 0.552. The van der Waals surface area contributed by atoms with Crippen molar-refractivity contribution in [3.05, 3.63) is 46.6 Å². The van der Waals surface area contributed by atoms with Gasteiger partial charge in [0.25, 0.3) is 5.56 Å². The maximum Gasteiger partial charge on any atom is 0.390 e. The van der Waals surface area contributed by atoms with Gasteiger partial charge in [0.2, 0.25) is 16.0 Å². The van der Waals surface area contributed by atoms with Crippen LogP contribution >= 0.6 is 0 Å². The van der Waals surface area contributed by atoms with Crippen LogP contribution < -0.4 is 15.6 Å². The number of hydrogen-bond donors (Lipinski definition) is 2. The second-order valence-corrected chi connectivity index (χ2v) is 13.6. The highest BCUT2D eigenvalue weighted by molar-refractivity contribution is 7.92. The third kappa shape index (κ3) is 7.32. The number of hydrogen-bond acceptors (Lipinski definition) is 8. The molecule has 1 aliphatic heterocycles. The molecular weight excluding hydrogens is 604 g/mol. The molecule has 1 aliphatic carbocycles. The second kappa shape index (κ2) is 12.6. The lowest BCUT2D eigenvalue weighted by molar-refractivity contribution is -0.129. The zero-order chi connectivity index (χ0) is 31.8. The molecule has 0 radical (unpaired) electrons. The van der Waals surface area contributed by atoms with Gasteiger partial charge in [0, 0.05) is 35.3 Å². The maximum absolute atomic E-state index is 15.0. The Hall–Kier alpha value is -3.30. The lowest BCUT2D eigenvalue weighted by Crippen LogP contribution is -2.52. The number of halogens is 4. The fourth-order valence-electron chi connectivity index (χ4n) is 5.68. The summed E-state index contributed by atoms with van der Waals surface area (Å²) in [7, 11) is -2.29. The van der Waals surface area contributed by atoms with Crippen molar-refractivity contribution in [1.82, 2.24) is 19.4 Å². The Bertz CT molecular complexity index is 1670. The van der Waals surface area contributed by atoms with E-state index in [1.807, 2.05) is 18.6 Å². The Balaban J connectivity index is 1.35. The van der Waals surface area contributed by atoms with E-state index in [1.165, 1.54) is 10.6 Å². The van der Waals surface area contributed by atoms with Crippen LogP contribution in [-0.2, 0) is 14.8 Å². The summed E-state index contributed by atoms with van der Waals surface area (Å²) in [6.45, 7) is 5.22. The minimum atomic E-state index is -4.67. The van der Waals surface area contributed by atoms with Gasteiger partial charge in [0.15, 0.2) is 0 Å². The zero-order valence-electron chi connectivity index (χ0n) is 24.7. The van der Waals surface area contributed by atoms with E-state index in [0.717, 1.165) is 51.0 Å². The Morgan fingerprint density at radius 1 is 1.11 bits per heavy atom. The SMILES string of the molecule is CC(C)n1c(=O)c(-c2ccc(NS(=O)(=O)CCC(F)(F)F)c(F)c2)cc2cnc(NC3CCC(N(C)C4COC4)CC3)nc21. The number of likely N-dealkylation sites (N-methyl/N-ethyl adjacent to an activating group) is 1. The molecule has 0 spiro atoms. The summed E-state index contributed by atoms with van der Waals surface area (Å²) in [6.07, 6.45) is -0.637. The lowest BCUT2D eigenvalue weighted by atomic mass is 9.89. The predicted molar refractivity (Wildman–Crippen MR) is 160 cm³/mol. The monoisotopic (exact) mass is 640 g/mol. The van der Waals surface area contributed by atoms with Gasteiger partial charge in [-0.25, -0.2) is 17.8 Å². The van der Waals surface area contributed by atoms with Crippen molar-refractivity contribution >= 4 is 32.7 Å². The van der Waals surface area contributed by atoms with E-state index in [-0.39, 0.29) is 23.2 Å². The number of aromatic nitrogens is 3. The van der Waals surface area contributed by atoms with Crippen LogP contribution in [0, 0.1) is 5.82 Å². The number of benzene rings is 1. The molecule has 2 aromatic heterocycles. The number of alkyl halides is 3. The average molecular weight is 641 g/mol. The van der Waals surface area contributed by atoms with Gasteiger partial charge in [-0.1, -0.05) is 6.07 Å². The zero-order valence-corrected chi connectivity index (χ0v) is 25.5. The molecule has 2 aliphatic rings. The van der Waals surface area contributed by atoms with E-state index in [0.29, 0.717) is 29.1 Å². The van der Waals surface area contributed by atoms with Gasteiger partial charge in [-0.05, 0) is 70.3 Å². The summed E-state index contributed by atoms with van der Waals surface area (Å²) in [5.41, 5.74) is -0.227. The van der Waals surface area contributed by atoms with Gasteiger partial charge in [-0.2, -0.15) is 18.2 Å². The Morgan fingerprint density at radius 3 is 2.41 bits per heavy atom. The summed E-state index contributed by atoms with van der Waals surface area (Å²) < 4.78 is 85.1. The molecule has 1 saturated heterocycles. The van der Waals surface area contributed by atoms with Crippen LogP contribution in [-0.4, -0.2) is 78.2 Å². The molecule has 2 fully saturated rings. The molecule has 0 bridgehead atoms. The van der Waals surface area contributed by atoms with Crippen molar-refractivity contribution < 1.29 is 30.7 Å². The molecule has 3 heterocycles. The molecule has 15 heteroatoms. The quantitative estimate of drug-likeness (QED) is 0.300. The van der Waals surface area contributed by atoms with Crippen LogP contribution in [0.25, 0.3) is 22.2 Å². The summed E-state index contributed by atoms with van der Waals surface area (Å²) >= 11 is 0. The Labute approximate surface area is 252 Å². The lowest BCUT2D eigenvalue weighted by Gasteiger charge is -2.42. The molecule has 0 amide bonds. The summed E-state index contributed by atoms with van der Waals surface area (Å²) in [6, 6.07) is 5.82. The van der Waals surface area contributed by atoms with E-state index in [2.05, 4.69) is 27.2 Å². The van der Waals surface area contributed by atoms with Crippen LogP contribution in [0.2, 0.25) is 0 Å². The number of sulfonamides is 1. The molecule has 10 nitrogen and oxygen atoms in total. The van der Waals surface area contributed by atoms with E-state index >= 15 is 0 Å². The first-order valence-corrected chi connectivity index (χ1v) is 16.2. The van der Waals surface area contributed by atoms with Crippen molar-refractivity contribution in [3.8, 4) is 11.1 Å². The van der Waals surface area contributed by atoms with Crippen LogP contribution in [0.3, 0.4) is 0 Å². The summed E-state index contributed by atoms with van der Waals surface area (Å²) in [5.74, 6) is -1.87. The van der Waals surface area contributed by atoms with Crippen LogP contribution in [0.15, 0.2) is 35.3 Å². The third-order valence-corrected chi connectivity index (χ3v) is 9.56. The van der Waals surface area contributed by atoms with Crippen LogP contribution in [0.1, 0.15) is 52.0 Å². The van der Waals surface area contributed by atoms with E-state index in [1.54, 1.807) is 12.3 Å². The van der Waals surface area contributed by atoms with E-state index in [9.17, 15) is 30.8 Å². The molecule has 3 aromatic rings. The van der Waals surface area contributed by atoms with Crippen molar-refractivity contribution in [3.63, 3.8) is 0 Å². The number of nitrogens with zero attached hydrogens (tertiary/aromatic N) is 4. The Kier molecular flexibility index (Phi) is 9.19. The molecular formula is C29H36F4N6O4S. The molecule has 240 valence electrons. The number of ether oxygens (including phenoxy) is 1. The number of pyridine rings is 1. The second-order valence-electron chi connectivity index (χ2n) is 11.8. The minimum Gasteiger partial charge on any atom is -0.378 e. The predicted octanol–water partition coefficient (Wildman–Crippen LogP) is 4.93. The Morgan fingerprint density at radius 2 is 1.82 bits per heavy atom. The normalized spacial score (nSPS) is 19.8. The van der Waals surface area contributed by atoms with Gasteiger partial charge >= 0.3 is 6.18 Å². The van der Waals surface area contributed by atoms with Crippen molar-refractivity contribution in [2.24, 2.45) is 0 Å². The van der Waals surface area contributed by atoms with Crippen molar-refractivity contribution in [2.45, 2.75) is 76.3 Å². The highest BCUT2D eigenvalue weighted by atomic mass is 32.2. The summed E-state index contributed by atoms with van der Waals surface area (Å²) in [4.78, 5) is 25.2. The number of nitrogens with one attached hydrogen (secondary N) is 2. The van der Waals surface area contributed by atoms with Crippen molar-refractivity contribution in [2.75, 3.05) is 36.1 Å². The topological polar surface area (TPSA) is 118 Å². The molecule has 5 rings (SSSR count). The fourth-order valence-corrected chi connectivity index (χ4v) is 6.78. The first kappa shape index (κ1) is 32.1. The van der Waals surface area contributed by atoms with Crippen LogP contribution in [0.4, 0.5) is 29.2 Å². The van der Waals surface area contributed by atoms with Gasteiger partial charge in [-0.3, -0.25) is 19.0 Å². The van der Waals surface area contributed by atoms with E-state index in [4.69, 9.17) is 4.74 Å². The first-order valence-electron chi connectivity index (χ1n) is 14.6. The summed E-state index contributed by atoms with van der Waals surface area (Å²) in [5, 5.41) is 3.97. The molecule has 1 aromatic carbocycles. The van der Waals surface area contributed by atoms with Crippen molar-refractivity contribution in [1.29, 1.82) is 0 Å². The molecule has 0 atom stereocenters. The molecule has 0 unspecified atom stereocenters. The molecule has 1 saturated carbocycles. The maximum atomic E-state index is 15.0. The van der Waals surface area contributed by atoms with Gasteiger partial charge in [0.05, 0.1) is 37.1 Å². The van der Waals surface area contributed by atoms with Gasteiger partial charge < -0.3 is 10.1 Å². The molecule has 2 N–H and O–H groups in total. The highest BCUT2D eigenvalue weighted by Gasteiger charge is 2.32. The van der Waals surface area contributed by atoms with Gasteiger partial charge in [0.1, 0.15) is 11.5 Å². The van der Waals surface area contributed by atoms with E-state index < -0.39 is 45.4 Å². The number of rotatable bonds is 10. The largest absolute Gasteiger partial charge is 0.390 e. The van der Waals surface area contributed by atoms with Gasteiger partial charge in [-0.15, -0.1) is 0 Å². The third-order valence-electron chi connectivity index (χ3n) is 8.29. The minimum absolute atomic E-state index is 0.139. The van der Waals surface area contributed by atoms with Crippen LogP contribution in [0.5, 0.6) is 0 Å². The average Bonchev–Trinajstić information content (AvgIpc) is 2.91. The number of anilines is 2. The smallest absolute Gasteiger partial charge is 0.378 e. The first-order chi connectivity index (χ1) is 20.7. The standard InChI is InChI=1S/C29H36F4N6O4S/c1-17(2)39-26-19(14-34-28(36-26)35-20-5-7-21(8-6-20)38(3)22-15-43-16-22)12-23(27(39)40)18-4-9-25(24(30)13-18)37-44(41,42)11-10-29(31,32)33/h4,9,12-14,17,20-22,37H,5-8,10-11,15-16H2,1-3H3,(H,34,35,36). The molecule has 44 heavy (non-hydrogen) atoms.